The number of hydrogen-bond acceptors (Lipinski definition) is 4. The van der Waals surface area contributed by atoms with Gasteiger partial charge in [-0.2, -0.15) is 0 Å². The van der Waals surface area contributed by atoms with Crippen LogP contribution in [-0.2, 0) is 0 Å². The summed E-state index contributed by atoms with van der Waals surface area (Å²) in [6.07, 6.45) is 0. The summed E-state index contributed by atoms with van der Waals surface area (Å²) < 4.78 is 11.3. The van der Waals surface area contributed by atoms with Gasteiger partial charge in [0.25, 0.3) is 5.91 Å². The number of hydrogen-bond donors (Lipinski definition) is 1. The van der Waals surface area contributed by atoms with E-state index in [9.17, 15) is 4.79 Å². The van der Waals surface area contributed by atoms with E-state index in [1.807, 2.05) is 31.1 Å². The second-order valence-electron chi connectivity index (χ2n) is 5.71. The van der Waals surface area contributed by atoms with Gasteiger partial charge in [-0.1, -0.05) is 23.7 Å². The smallest absolute Gasteiger partial charge is 0.255 e. The van der Waals surface area contributed by atoms with E-state index in [2.05, 4.69) is 5.32 Å². The predicted molar refractivity (Wildman–Crippen MR) is 99.8 cm³/mol. The van der Waals surface area contributed by atoms with Crippen LogP contribution in [0.1, 0.15) is 10.4 Å². The molecule has 5 nitrogen and oxygen atoms in total. The van der Waals surface area contributed by atoms with Gasteiger partial charge >= 0.3 is 0 Å². The van der Waals surface area contributed by atoms with Crippen LogP contribution in [0.3, 0.4) is 0 Å². The molecular weight excluding hydrogens is 340 g/mol. The van der Waals surface area contributed by atoms with E-state index in [0.717, 1.165) is 6.54 Å². The van der Waals surface area contributed by atoms with Crippen LogP contribution in [0.4, 0.5) is 0 Å². The van der Waals surface area contributed by atoms with Crippen LogP contribution < -0.4 is 14.8 Å². The third-order valence-electron chi connectivity index (χ3n) is 3.40. The van der Waals surface area contributed by atoms with E-state index >= 15 is 0 Å². The van der Waals surface area contributed by atoms with Crippen molar-refractivity contribution in [1.82, 2.24) is 10.2 Å². The molecule has 0 atom stereocenters. The van der Waals surface area contributed by atoms with E-state index in [1.54, 1.807) is 36.4 Å². The molecule has 0 bridgehead atoms. The van der Waals surface area contributed by atoms with Crippen molar-refractivity contribution in [2.24, 2.45) is 0 Å². The zero-order valence-electron chi connectivity index (χ0n) is 14.5. The molecule has 6 heteroatoms. The minimum Gasteiger partial charge on any atom is -0.492 e. The Kier molecular flexibility index (Phi) is 7.57. The molecule has 2 aromatic rings. The normalized spacial score (nSPS) is 10.6. The van der Waals surface area contributed by atoms with Gasteiger partial charge in [0.15, 0.2) is 0 Å². The SMILES string of the molecule is CN(C)CCOc1ccccc1C(=O)NCCOc1ccc(Cl)cc1. The number of carbonyl (C=O) groups excluding carboxylic acids is 1. The monoisotopic (exact) mass is 362 g/mol. The molecule has 0 aliphatic heterocycles. The van der Waals surface area contributed by atoms with Crippen LogP contribution >= 0.6 is 11.6 Å². The van der Waals surface area contributed by atoms with Crippen molar-refractivity contribution in [1.29, 1.82) is 0 Å². The Morgan fingerprint density at radius 3 is 2.48 bits per heavy atom. The first-order valence-electron chi connectivity index (χ1n) is 8.09. The number of carbonyl (C=O) groups is 1. The molecule has 0 aliphatic carbocycles. The summed E-state index contributed by atoms with van der Waals surface area (Å²) in [5, 5.41) is 3.50. The Morgan fingerprint density at radius 1 is 1.04 bits per heavy atom. The third kappa shape index (κ3) is 6.64. The summed E-state index contributed by atoms with van der Waals surface area (Å²) in [6.45, 7) is 2.08. The second kappa shape index (κ2) is 9.91. The zero-order chi connectivity index (χ0) is 18.1. The molecule has 0 aliphatic rings. The maximum atomic E-state index is 12.3. The van der Waals surface area contributed by atoms with E-state index in [-0.39, 0.29) is 5.91 Å². The van der Waals surface area contributed by atoms with Crippen LogP contribution in [-0.4, -0.2) is 51.2 Å². The molecule has 134 valence electrons. The first-order valence-corrected chi connectivity index (χ1v) is 8.47. The Bertz CT molecular complexity index is 675. The lowest BCUT2D eigenvalue weighted by Gasteiger charge is -2.14. The highest BCUT2D eigenvalue weighted by molar-refractivity contribution is 6.30. The summed E-state index contributed by atoms with van der Waals surface area (Å²) in [5.41, 5.74) is 0.521. The van der Waals surface area contributed by atoms with Gasteiger partial charge in [-0.15, -0.1) is 0 Å². The molecule has 0 saturated carbocycles. The minimum absolute atomic E-state index is 0.180. The van der Waals surface area contributed by atoms with Gasteiger partial charge in [0.05, 0.1) is 12.1 Å². The molecule has 0 aromatic heterocycles. The first kappa shape index (κ1) is 19.1. The molecule has 1 N–H and O–H groups in total. The highest BCUT2D eigenvalue weighted by Crippen LogP contribution is 2.18. The Morgan fingerprint density at radius 2 is 1.76 bits per heavy atom. The van der Waals surface area contributed by atoms with Crippen molar-refractivity contribution >= 4 is 17.5 Å². The van der Waals surface area contributed by atoms with Gasteiger partial charge in [0.1, 0.15) is 24.7 Å². The van der Waals surface area contributed by atoms with Crippen molar-refractivity contribution in [3.8, 4) is 11.5 Å². The molecule has 25 heavy (non-hydrogen) atoms. The number of halogens is 1. The first-order chi connectivity index (χ1) is 12.1. The number of ether oxygens (including phenoxy) is 2. The highest BCUT2D eigenvalue weighted by atomic mass is 35.5. The molecule has 0 unspecified atom stereocenters. The standard InChI is InChI=1S/C19H23ClN2O3/c1-22(2)12-14-25-18-6-4-3-5-17(18)19(23)21-11-13-24-16-9-7-15(20)8-10-16/h3-10H,11-14H2,1-2H3,(H,21,23). The number of rotatable bonds is 9. The summed E-state index contributed by atoms with van der Waals surface area (Å²) in [4.78, 5) is 14.4. The zero-order valence-corrected chi connectivity index (χ0v) is 15.3. The average molecular weight is 363 g/mol. The van der Waals surface area contributed by atoms with Crippen LogP contribution in [0.5, 0.6) is 11.5 Å². The topological polar surface area (TPSA) is 50.8 Å². The molecule has 1 amide bonds. The molecule has 2 aromatic carbocycles. The fourth-order valence-electron chi connectivity index (χ4n) is 2.08. The van der Waals surface area contributed by atoms with Crippen molar-refractivity contribution in [2.75, 3.05) is 40.4 Å². The Hall–Kier alpha value is -2.24. The predicted octanol–water partition coefficient (Wildman–Crippen LogP) is 3.09. The quantitative estimate of drug-likeness (QED) is 0.696. The number of nitrogens with one attached hydrogen (secondary N) is 1. The van der Waals surface area contributed by atoms with Crippen molar-refractivity contribution in [3.05, 3.63) is 59.1 Å². The van der Waals surface area contributed by atoms with Gasteiger partial charge < -0.3 is 19.7 Å². The second-order valence-corrected chi connectivity index (χ2v) is 6.14. The number of nitrogens with zero attached hydrogens (tertiary/aromatic N) is 1. The van der Waals surface area contributed by atoms with Crippen molar-refractivity contribution in [3.63, 3.8) is 0 Å². The van der Waals surface area contributed by atoms with Crippen LogP contribution in [0.2, 0.25) is 5.02 Å². The summed E-state index contributed by atoms with van der Waals surface area (Å²) in [6, 6.07) is 14.3. The van der Waals surface area contributed by atoms with Gasteiger partial charge in [-0.05, 0) is 50.5 Å². The Labute approximate surface area is 153 Å². The molecule has 0 spiro atoms. The van der Waals surface area contributed by atoms with Gasteiger partial charge in [0.2, 0.25) is 0 Å². The number of para-hydroxylation sites is 1. The summed E-state index contributed by atoms with van der Waals surface area (Å²) in [5.74, 6) is 1.12. The average Bonchev–Trinajstić information content (AvgIpc) is 2.60. The molecule has 2 rings (SSSR count). The molecule has 0 fully saturated rings. The number of likely N-dealkylation sites (N-methyl/N-ethyl adjacent to an activating group) is 1. The number of benzene rings is 2. The molecule has 0 heterocycles. The molecular formula is C19H23ClN2O3. The fraction of sp³-hybridized carbons (Fsp3) is 0.316. The number of amides is 1. The Balaban J connectivity index is 1.80. The summed E-state index contributed by atoms with van der Waals surface area (Å²) in [7, 11) is 3.95. The van der Waals surface area contributed by atoms with Gasteiger partial charge in [-0.3, -0.25) is 4.79 Å². The summed E-state index contributed by atoms with van der Waals surface area (Å²) >= 11 is 5.82. The largest absolute Gasteiger partial charge is 0.492 e. The van der Waals surface area contributed by atoms with Gasteiger partial charge in [-0.25, -0.2) is 0 Å². The lowest BCUT2D eigenvalue weighted by Crippen LogP contribution is -2.28. The van der Waals surface area contributed by atoms with E-state index in [1.165, 1.54) is 0 Å². The van der Waals surface area contributed by atoms with Crippen molar-refractivity contribution < 1.29 is 14.3 Å². The maximum Gasteiger partial charge on any atom is 0.255 e. The maximum absolute atomic E-state index is 12.3. The minimum atomic E-state index is -0.180. The molecule has 0 radical (unpaired) electrons. The van der Waals surface area contributed by atoms with E-state index in [0.29, 0.717) is 41.8 Å². The van der Waals surface area contributed by atoms with Gasteiger partial charge in [0, 0.05) is 11.6 Å². The lowest BCUT2D eigenvalue weighted by atomic mass is 10.2. The van der Waals surface area contributed by atoms with E-state index in [4.69, 9.17) is 21.1 Å². The molecule has 0 saturated heterocycles. The third-order valence-corrected chi connectivity index (χ3v) is 3.65. The van der Waals surface area contributed by atoms with Crippen molar-refractivity contribution in [2.45, 2.75) is 0 Å². The van der Waals surface area contributed by atoms with Crippen LogP contribution in [0, 0.1) is 0 Å². The van der Waals surface area contributed by atoms with E-state index < -0.39 is 0 Å². The van der Waals surface area contributed by atoms with Crippen LogP contribution in [0.15, 0.2) is 48.5 Å². The fourth-order valence-corrected chi connectivity index (χ4v) is 2.20. The lowest BCUT2D eigenvalue weighted by molar-refractivity contribution is 0.0942. The highest BCUT2D eigenvalue weighted by Gasteiger charge is 2.11. The van der Waals surface area contributed by atoms with Crippen LogP contribution in [0.25, 0.3) is 0 Å².